The Balaban J connectivity index is 1.59. The SMILES string of the molecule is CCCOc1ccc(C(=O)N/N=C/c2ccc(OCc3ccc(Cl)cc3Cl)c(Br)c2)cc1OC. The highest BCUT2D eigenvalue weighted by atomic mass is 79.9. The van der Waals surface area contributed by atoms with E-state index >= 15 is 0 Å². The van der Waals surface area contributed by atoms with E-state index < -0.39 is 0 Å². The summed E-state index contributed by atoms with van der Waals surface area (Å²) in [7, 11) is 1.53. The fourth-order valence-electron chi connectivity index (χ4n) is 2.88. The van der Waals surface area contributed by atoms with Crippen LogP contribution in [0.4, 0.5) is 0 Å². The Bertz CT molecular complexity index is 1190. The van der Waals surface area contributed by atoms with E-state index in [4.69, 9.17) is 37.4 Å². The van der Waals surface area contributed by atoms with Crippen LogP contribution in [-0.2, 0) is 6.61 Å². The molecule has 0 aliphatic rings. The molecule has 0 atom stereocenters. The number of nitrogens with one attached hydrogen (secondary N) is 1. The van der Waals surface area contributed by atoms with Gasteiger partial charge >= 0.3 is 0 Å². The van der Waals surface area contributed by atoms with Crippen LogP contribution in [0.2, 0.25) is 10.0 Å². The number of hydrogen-bond acceptors (Lipinski definition) is 5. The number of methoxy groups -OCH3 is 1. The van der Waals surface area contributed by atoms with E-state index in [0.29, 0.717) is 46.1 Å². The number of nitrogens with zero attached hydrogens (tertiary/aromatic N) is 1. The molecule has 0 saturated heterocycles. The van der Waals surface area contributed by atoms with Gasteiger partial charge in [-0.2, -0.15) is 5.10 Å². The minimum absolute atomic E-state index is 0.295. The third-order valence-electron chi connectivity index (χ3n) is 4.62. The lowest BCUT2D eigenvalue weighted by Crippen LogP contribution is -2.17. The number of carbonyl (C=O) groups is 1. The summed E-state index contributed by atoms with van der Waals surface area (Å²) in [6, 6.07) is 15.7. The second-order valence-electron chi connectivity index (χ2n) is 7.13. The molecule has 3 aromatic rings. The van der Waals surface area contributed by atoms with E-state index in [-0.39, 0.29) is 5.91 Å². The van der Waals surface area contributed by atoms with Crippen molar-refractivity contribution in [3.63, 3.8) is 0 Å². The normalized spacial score (nSPS) is 10.9. The van der Waals surface area contributed by atoms with Crippen molar-refractivity contribution in [3.05, 3.63) is 85.8 Å². The molecule has 0 aliphatic heterocycles. The Morgan fingerprint density at radius 2 is 1.82 bits per heavy atom. The average Bonchev–Trinajstić information content (AvgIpc) is 2.83. The molecule has 3 aromatic carbocycles. The molecule has 3 rings (SSSR count). The van der Waals surface area contributed by atoms with Gasteiger partial charge in [0.2, 0.25) is 0 Å². The van der Waals surface area contributed by atoms with Crippen molar-refractivity contribution < 1.29 is 19.0 Å². The zero-order chi connectivity index (χ0) is 24.5. The van der Waals surface area contributed by atoms with E-state index in [1.807, 2.05) is 25.1 Å². The molecule has 9 heteroatoms. The molecule has 6 nitrogen and oxygen atoms in total. The van der Waals surface area contributed by atoms with Crippen molar-refractivity contribution in [2.75, 3.05) is 13.7 Å². The standard InChI is InChI=1S/C25H23BrCl2N2O4/c1-3-10-33-23-9-6-17(12-24(23)32-2)25(31)30-29-14-16-4-8-22(20(26)11-16)34-15-18-5-7-19(27)13-21(18)28/h4-9,11-14H,3,10,15H2,1-2H3,(H,30,31)/b29-14+. The molecular formula is C25H23BrCl2N2O4. The monoisotopic (exact) mass is 564 g/mol. The lowest BCUT2D eigenvalue weighted by atomic mass is 10.2. The molecule has 178 valence electrons. The van der Waals surface area contributed by atoms with Crippen molar-refractivity contribution in [2.45, 2.75) is 20.0 Å². The molecule has 0 spiro atoms. The predicted molar refractivity (Wildman–Crippen MR) is 139 cm³/mol. The molecule has 0 aliphatic carbocycles. The molecule has 34 heavy (non-hydrogen) atoms. The fourth-order valence-corrected chi connectivity index (χ4v) is 3.85. The van der Waals surface area contributed by atoms with Gasteiger partial charge in [-0.05, 0) is 76.4 Å². The van der Waals surface area contributed by atoms with E-state index in [9.17, 15) is 4.79 Å². The summed E-state index contributed by atoms with van der Waals surface area (Å²) in [5, 5.41) is 5.16. The first-order valence-electron chi connectivity index (χ1n) is 10.4. The molecular weight excluding hydrogens is 543 g/mol. The molecule has 0 bridgehead atoms. The number of hydrogen-bond donors (Lipinski definition) is 1. The topological polar surface area (TPSA) is 69.2 Å². The summed E-state index contributed by atoms with van der Waals surface area (Å²) in [5.41, 5.74) is 4.52. The number of halogens is 3. The maximum atomic E-state index is 12.4. The number of rotatable bonds is 10. The third-order valence-corrected chi connectivity index (χ3v) is 5.83. The van der Waals surface area contributed by atoms with E-state index in [1.165, 1.54) is 7.11 Å². The second-order valence-corrected chi connectivity index (χ2v) is 8.83. The van der Waals surface area contributed by atoms with Crippen LogP contribution in [0.3, 0.4) is 0 Å². The van der Waals surface area contributed by atoms with Crippen LogP contribution in [0.15, 0.2) is 64.2 Å². The lowest BCUT2D eigenvalue weighted by Gasteiger charge is -2.11. The first kappa shape index (κ1) is 25.9. The van der Waals surface area contributed by atoms with Gasteiger partial charge in [0.05, 0.1) is 24.4 Å². The van der Waals surface area contributed by atoms with Gasteiger partial charge < -0.3 is 14.2 Å². The largest absolute Gasteiger partial charge is 0.493 e. The second kappa shape index (κ2) is 12.6. The maximum absolute atomic E-state index is 12.4. The summed E-state index contributed by atoms with van der Waals surface area (Å²) in [4.78, 5) is 12.4. The molecule has 0 radical (unpaired) electrons. The molecule has 0 unspecified atom stereocenters. The Morgan fingerprint density at radius 3 is 2.53 bits per heavy atom. The van der Waals surface area contributed by atoms with Crippen molar-refractivity contribution >= 4 is 51.3 Å². The fraction of sp³-hybridized carbons (Fsp3) is 0.200. The number of amides is 1. The molecule has 0 saturated carbocycles. The molecule has 0 fully saturated rings. The van der Waals surface area contributed by atoms with Crippen LogP contribution in [-0.4, -0.2) is 25.8 Å². The zero-order valence-corrected chi connectivity index (χ0v) is 21.7. The first-order chi connectivity index (χ1) is 16.4. The number of carbonyl (C=O) groups excluding carboxylic acids is 1. The molecule has 1 N–H and O–H groups in total. The Kier molecular flexibility index (Phi) is 9.62. The van der Waals surface area contributed by atoms with E-state index in [1.54, 1.807) is 42.6 Å². The van der Waals surface area contributed by atoms with Crippen LogP contribution < -0.4 is 19.6 Å². The van der Waals surface area contributed by atoms with Crippen molar-refractivity contribution in [1.29, 1.82) is 0 Å². The lowest BCUT2D eigenvalue weighted by molar-refractivity contribution is 0.0954. The van der Waals surface area contributed by atoms with Gasteiger partial charge in [0.15, 0.2) is 11.5 Å². The third kappa shape index (κ3) is 7.13. The summed E-state index contributed by atoms with van der Waals surface area (Å²) >= 11 is 15.6. The van der Waals surface area contributed by atoms with Crippen molar-refractivity contribution in [2.24, 2.45) is 5.10 Å². The van der Waals surface area contributed by atoms with Gasteiger partial charge in [0.25, 0.3) is 5.91 Å². The predicted octanol–water partition coefficient (Wildman–Crippen LogP) is 6.90. The Morgan fingerprint density at radius 1 is 1.03 bits per heavy atom. The average molecular weight is 566 g/mol. The molecule has 0 heterocycles. The van der Waals surface area contributed by atoms with Gasteiger partial charge in [-0.25, -0.2) is 5.43 Å². The van der Waals surface area contributed by atoms with Gasteiger partial charge in [0.1, 0.15) is 12.4 Å². The number of hydrazone groups is 1. The highest BCUT2D eigenvalue weighted by Crippen LogP contribution is 2.29. The number of ether oxygens (including phenoxy) is 3. The van der Waals surface area contributed by atoms with Crippen molar-refractivity contribution in [1.82, 2.24) is 5.43 Å². The summed E-state index contributed by atoms with van der Waals surface area (Å²) in [6.45, 7) is 2.88. The van der Waals surface area contributed by atoms with Gasteiger partial charge in [-0.1, -0.05) is 36.2 Å². The quantitative estimate of drug-likeness (QED) is 0.214. The Labute approximate surface area is 216 Å². The first-order valence-corrected chi connectivity index (χ1v) is 12.0. The van der Waals surface area contributed by atoms with E-state index in [0.717, 1.165) is 22.0 Å². The maximum Gasteiger partial charge on any atom is 0.271 e. The van der Waals surface area contributed by atoms with Crippen LogP contribution in [0.1, 0.15) is 34.8 Å². The van der Waals surface area contributed by atoms with Gasteiger partial charge in [-0.3, -0.25) is 4.79 Å². The molecule has 0 aromatic heterocycles. The van der Waals surface area contributed by atoms with Crippen LogP contribution in [0.5, 0.6) is 17.2 Å². The molecule has 1 amide bonds. The zero-order valence-electron chi connectivity index (χ0n) is 18.6. The minimum atomic E-state index is -0.365. The minimum Gasteiger partial charge on any atom is -0.493 e. The summed E-state index contributed by atoms with van der Waals surface area (Å²) in [6.07, 6.45) is 2.42. The highest BCUT2D eigenvalue weighted by molar-refractivity contribution is 9.10. The highest BCUT2D eigenvalue weighted by Gasteiger charge is 2.11. The van der Waals surface area contributed by atoms with Crippen LogP contribution in [0.25, 0.3) is 0 Å². The van der Waals surface area contributed by atoms with Gasteiger partial charge in [-0.15, -0.1) is 0 Å². The Hall–Kier alpha value is -2.74. The summed E-state index contributed by atoms with van der Waals surface area (Å²) < 4.78 is 17.5. The number of benzene rings is 3. The van der Waals surface area contributed by atoms with Crippen molar-refractivity contribution in [3.8, 4) is 17.2 Å². The van der Waals surface area contributed by atoms with Crippen LogP contribution >= 0.6 is 39.1 Å². The van der Waals surface area contributed by atoms with E-state index in [2.05, 4.69) is 26.5 Å². The smallest absolute Gasteiger partial charge is 0.271 e. The van der Waals surface area contributed by atoms with Gasteiger partial charge in [0, 0.05) is 21.2 Å². The van der Waals surface area contributed by atoms with Crippen LogP contribution in [0, 0.1) is 0 Å². The summed E-state index contributed by atoms with van der Waals surface area (Å²) in [5.74, 6) is 1.36.